The molecule has 0 saturated carbocycles. The van der Waals surface area contributed by atoms with Crippen LogP contribution in [-0.4, -0.2) is 150 Å². The molecule has 6 N–H and O–H groups in total. The zero-order chi connectivity index (χ0) is 22.7. The summed E-state index contributed by atoms with van der Waals surface area (Å²) in [6.07, 6.45) is 1.86. The molecule has 2 fully saturated rings. The molecule has 10 nitrogen and oxygen atoms in total. The van der Waals surface area contributed by atoms with Crippen molar-refractivity contribution in [2.75, 3.05) is 118 Å². The molecule has 0 bridgehead atoms. The highest BCUT2D eigenvalue weighted by molar-refractivity contribution is 4.72. The molecule has 2 saturated heterocycles. The van der Waals surface area contributed by atoms with Gasteiger partial charge in [0.25, 0.3) is 0 Å². The summed E-state index contributed by atoms with van der Waals surface area (Å²) in [6, 6.07) is -0.0153. The number of hydrogen-bond acceptors (Lipinski definition) is 10. The summed E-state index contributed by atoms with van der Waals surface area (Å²) < 4.78 is 11.5. The number of ether oxygens (including phenoxy) is 2. The van der Waals surface area contributed by atoms with Crippen molar-refractivity contribution in [1.29, 1.82) is 0 Å². The van der Waals surface area contributed by atoms with Crippen molar-refractivity contribution >= 4 is 0 Å². The second-order valence-electron chi connectivity index (χ2n) is 8.71. The molecule has 0 aromatic heterocycles. The van der Waals surface area contributed by atoms with E-state index in [0.717, 1.165) is 91.4 Å². The number of nitrogens with zero attached hydrogens (tertiary/aromatic N) is 2. The largest absolute Gasteiger partial charge is 0.395 e. The number of rotatable bonds is 19. The maximum atomic E-state index is 9.53. The van der Waals surface area contributed by atoms with Crippen LogP contribution >= 0.6 is 0 Å². The monoisotopic (exact) mass is 460 g/mol. The van der Waals surface area contributed by atoms with Crippen molar-refractivity contribution in [3.8, 4) is 0 Å². The fourth-order valence-corrected chi connectivity index (χ4v) is 3.93. The Hall–Kier alpha value is -0.400. The summed E-state index contributed by atoms with van der Waals surface area (Å²) in [5, 5.41) is 32.5. The van der Waals surface area contributed by atoms with E-state index in [1.165, 1.54) is 0 Å². The van der Waals surface area contributed by atoms with E-state index < -0.39 is 0 Å². The van der Waals surface area contributed by atoms with E-state index in [-0.39, 0.29) is 25.3 Å². The summed E-state index contributed by atoms with van der Waals surface area (Å²) in [5.41, 5.74) is 0. The summed E-state index contributed by atoms with van der Waals surface area (Å²) in [4.78, 5) is 4.87. The molecule has 190 valence electrons. The first-order valence-electron chi connectivity index (χ1n) is 12.5. The summed E-state index contributed by atoms with van der Waals surface area (Å²) in [7, 11) is 0. The van der Waals surface area contributed by atoms with E-state index in [1.807, 2.05) is 0 Å². The number of nitrogens with one attached hydrogen (secondary N) is 4. The van der Waals surface area contributed by atoms with E-state index in [0.29, 0.717) is 26.4 Å². The van der Waals surface area contributed by atoms with E-state index in [9.17, 15) is 10.2 Å². The van der Waals surface area contributed by atoms with Crippen molar-refractivity contribution < 1.29 is 19.7 Å². The fourth-order valence-electron chi connectivity index (χ4n) is 3.93. The number of piperazine rings is 2. The number of hydrogen-bond donors (Lipinski definition) is 6. The molecule has 0 aromatic carbocycles. The Balaban J connectivity index is 1.37. The summed E-state index contributed by atoms with van der Waals surface area (Å²) >= 11 is 0. The molecular weight excluding hydrogens is 412 g/mol. The van der Waals surface area contributed by atoms with Gasteiger partial charge in [0.15, 0.2) is 0 Å². The Kier molecular flexibility index (Phi) is 16.5. The molecule has 0 radical (unpaired) electrons. The molecule has 32 heavy (non-hydrogen) atoms. The first-order chi connectivity index (χ1) is 15.8. The molecule has 2 aliphatic heterocycles. The lowest BCUT2D eigenvalue weighted by atomic mass is 10.3. The minimum Gasteiger partial charge on any atom is -0.395 e. The average molecular weight is 461 g/mol. The van der Waals surface area contributed by atoms with Gasteiger partial charge in [0.05, 0.1) is 38.5 Å². The Bertz CT molecular complexity index is 387. The second kappa shape index (κ2) is 19.0. The quantitative estimate of drug-likeness (QED) is 0.116. The van der Waals surface area contributed by atoms with Crippen molar-refractivity contribution in [2.45, 2.75) is 24.9 Å². The van der Waals surface area contributed by atoms with Crippen LogP contribution in [0.15, 0.2) is 0 Å². The highest BCUT2D eigenvalue weighted by Crippen LogP contribution is 1.96. The Morgan fingerprint density at radius 3 is 1.47 bits per heavy atom. The van der Waals surface area contributed by atoms with Gasteiger partial charge in [-0.15, -0.1) is 0 Å². The normalized spacial score (nSPS) is 20.4. The van der Waals surface area contributed by atoms with Crippen LogP contribution in [-0.2, 0) is 9.47 Å². The zero-order valence-corrected chi connectivity index (χ0v) is 19.9. The third kappa shape index (κ3) is 13.3. The Morgan fingerprint density at radius 1 is 0.688 bits per heavy atom. The van der Waals surface area contributed by atoms with Gasteiger partial charge in [0, 0.05) is 91.8 Å². The SMILES string of the molecule is OCC(COCCCCOCC(CO)NCCN1CCNCC1)NCCN1CCNCC1. The molecule has 2 unspecified atom stereocenters. The Labute approximate surface area is 194 Å². The summed E-state index contributed by atoms with van der Waals surface area (Å²) in [5.74, 6) is 0. The Morgan fingerprint density at radius 2 is 1.09 bits per heavy atom. The van der Waals surface area contributed by atoms with Crippen molar-refractivity contribution in [1.82, 2.24) is 31.1 Å². The average Bonchev–Trinajstić information content (AvgIpc) is 2.84. The van der Waals surface area contributed by atoms with E-state index >= 15 is 0 Å². The topological polar surface area (TPSA) is 114 Å². The lowest BCUT2D eigenvalue weighted by Gasteiger charge is -2.28. The molecule has 2 atom stereocenters. The van der Waals surface area contributed by atoms with Gasteiger partial charge in [-0.25, -0.2) is 0 Å². The van der Waals surface area contributed by atoms with Crippen LogP contribution in [0.25, 0.3) is 0 Å². The maximum absolute atomic E-state index is 9.53. The highest BCUT2D eigenvalue weighted by atomic mass is 16.5. The third-order valence-electron chi connectivity index (χ3n) is 6.05. The molecule has 0 aromatic rings. The standard InChI is InChI=1S/C22H48N6O4/c29-17-21(25-7-13-27-9-3-23-4-10-27)19-31-15-1-2-16-32-20-22(18-30)26-8-14-28-11-5-24-6-12-28/h21-26,29-30H,1-20H2. The fraction of sp³-hybridized carbons (Fsp3) is 1.00. The van der Waals surface area contributed by atoms with Crippen LogP contribution in [0.1, 0.15) is 12.8 Å². The van der Waals surface area contributed by atoms with Gasteiger partial charge < -0.3 is 41.0 Å². The lowest BCUT2D eigenvalue weighted by molar-refractivity contribution is 0.0655. The lowest BCUT2D eigenvalue weighted by Crippen LogP contribution is -2.47. The van der Waals surface area contributed by atoms with Crippen molar-refractivity contribution in [3.05, 3.63) is 0 Å². The van der Waals surface area contributed by atoms with Crippen LogP contribution in [0, 0.1) is 0 Å². The van der Waals surface area contributed by atoms with Crippen LogP contribution in [0.4, 0.5) is 0 Å². The maximum Gasteiger partial charge on any atom is 0.0642 e. The van der Waals surface area contributed by atoms with E-state index in [1.54, 1.807) is 0 Å². The number of aliphatic hydroxyl groups excluding tert-OH is 2. The first-order valence-corrected chi connectivity index (χ1v) is 12.5. The molecule has 2 rings (SSSR count). The molecule has 0 amide bonds. The van der Waals surface area contributed by atoms with Crippen LogP contribution in [0.3, 0.4) is 0 Å². The highest BCUT2D eigenvalue weighted by Gasteiger charge is 2.12. The van der Waals surface area contributed by atoms with Gasteiger partial charge >= 0.3 is 0 Å². The minimum absolute atomic E-state index is 0.00764. The third-order valence-corrected chi connectivity index (χ3v) is 6.05. The van der Waals surface area contributed by atoms with Gasteiger partial charge in [-0.1, -0.05) is 0 Å². The van der Waals surface area contributed by atoms with Crippen molar-refractivity contribution in [2.24, 2.45) is 0 Å². The first kappa shape index (κ1) is 27.8. The molecule has 2 heterocycles. The zero-order valence-electron chi connectivity index (χ0n) is 19.9. The van der Waals surface area contributed by atoms with Gasteiger partial charge in [0.1, 0.15) is 0 Å². The predicted molar refractivity (Wildman–Crippen MR) is 127 cm³/mol. The van der Waals surface area contributed by atoms with Gasteiger partial charge in [-0.3, -0.25) is 9.80 Å². The van der Waals surface area contributed by atoms with Crippen LogP contribution in [0.2, 0.25) is 0 Å². The number of aliphatic hydroxyl groups is 2. The second-order valence-corrected chi connectivity index (χ2v) is 8.71. The van der Waals surface area contributed by atoms with Crippen LogP contribution in [0.5, 0.6) is 0 Å². The molecule has 2 aliphatic rings. The smallest absolute Gasteiger partial charge is 0.0642 e. The van der Waals surface area contributed by atoms with Gasteiger partial charge in [-0.05, 0) is 12.8 Å². The summed E-state index contributed by atoms with van der Waals surface area (Å²) in [6.45, 7) is 15.0. The van der Waals surface area contributed by atoms with Crippen LogP contribution < -0.4 is 21.3 Å². The van der Waals surface area contributed by atoms with Gasteiger partial charge in [0.2, 0.25) is 0 Å². The molecule has 0 aliphatic carbocycles. The van der Waals surface area contributed by atoms with E-state index in [2.05, 4.69) is 31.1 Å². The molecule has 10 heteroatoms. The molecule has 0 spiro atoms. The minimum atomic E-state index is -0.00764. The molecular formula is C22H48N6O4. The van der Waals surface area contributed by atoms with Gasteiger partial charge in [-0.2, -0.15) is 0 Å². The van der Waals surface area contributed by atoms with Crippen molar-refractivity contribution in [3.63, 3.8) is 0 Å². The predicted octanol–water partition coefficient (Wildman–Crippen LogP) is -2.49. The number of unbranched alkanes of at least 4 members (excludes halogenated alkanes) is 1. The van der Waals surface area contributed by atoms with E-state index in [4.69, 9.17) is 9.47 Å².